The minimum Gasteiger partial charge on any atom is -0.497 e. The molecule has 0 saturated heterocycles. The summed E-state index contributed by atoms with van der Waals surface area (Å²) in [7, 11) is 1.62. The largest absolute Gasteiger partial charge is 0.497 e. The maximum absolute atomic E-state index is 12.5. The molecule has 32 heavy (non-hydrogen) atoms. The number of nitrogens with zero attached hydrogens (tertiary/aromatic N) is 3. The molecule has 0 fully saturated rings. The maximum Gasteiger partial charge on any atom is 0.224 e. The van der Waals surface area contributed by atoms with Gasteiger partial charge in [0.05, 0.1) is 18.5 Å². The molecule has 0 atom stereocenters. The predicted octanol–water partition coefficient (Wildman–Crippen LogP) is 5.23. The summed E-state index contributed by atoms with van der Waals surface area (Å²) < 4.78 is 7.07. The molecule has 4 aromatic rings. The lowest BCUT2D eigenvalue weighted by Gasteiger charge is -2.12. The molecule has 1 N–H and O–H groups in total. The highest BCUT2D eigenvalue weighted by Gasteiger charge is 2.18. The minimum absolute atomic E-state index is 0.0267. The fraction of sp³-hybridized carbons (Fsp3) is 0.269. The molecule has 4 rings (SSSR count). The molecule has 0 aliphatic rings. The van der Waals surface area contributed by atoms with Crippen molar-refractivity contribution in [3.05, 3.63) is 76.6 Å². The van der Waals surface area contributed by atoms with Crippen molar-refractivity contribution in [2.75, 3.05) is 12.4 Å². The number of amides is 1. The van der Waals surface area contributed by atoms with Crippen LogP contribution in [0.25, 0.3) is 16.7 Å². The first kappa shape index (κ1) is 21.6. The van der Waals surface area contributed by atoms with Gasteiger partial charge in [-0.1, -0.05) is 17.7 Å². The van der Waals surface area contributed by atoms with Crippen LogP contribution in [0.4, 0.5) is 5.69 Å². The highest BCUT2D eigenvalue weighted by Crippen LogP contribution is 2.28. The highest BCUT2D eigenvalue weighted by molar-refractivity contribution is 5.91. The summed E-state index contributed by atoms with van der Waals surface area (Å²) in [4.78, 5) is 17.4. The van der Waals surface area contributed by atoms with E-state index in [0.29, 0.717) is 12.8 Å². The van der Waals surface area contributed by atoms with Crippen LogP contribution in [0.15, 0.2) is 48.5 Å². The fourth-order valence-electron chi connectivity index (χ4n) is 4.08. The number of anilines is 1. The van der Waals surface area contributed by atoms with Crippen LogP contribution >= 0.6 is 0 Å². The molecule has 0 aliphatic carbocycles. The molecule has 164 valence electrons. The van der Waals surface area contributed by atoms with E-state index in [1.54, 1.807) is 7.11 Å². The summed E-state index contributed by atoms with van der Waals surface area (Å²) in [5.74, 6) is 0.733. The average molecular weight is 429 g/mol. The van der Waals surface area contributed by atoms with Crippen LogP contribution < -0.4 is 10.1 Å². The second-order valence-electron chi connectivity index (χ2n) is 8.11. The smallest absolute Gasteiger partial charge is 0.224 e. The topological polar surface area (TPSA) is 69.0 Å². The maximum atomic E-state index is 12.5. The quantitative estimate of drug-likeness (QED) is 0.456. The van der Waals surface area contributed by atoms with Gasteiger partial charge in [-0.05, 0) is 81.6 Å². The van der Waals surface area contributed by atoms with Crippen molar-refractivity contribution in [1.29, 1.82) is 0 Å². The first-order valence-corrected chi connectivity index (χ1v) is 10.7. The molecule has 0 saturated carbocycles. The lowest BCUT2D eigenvalue weighted by Crippen LogP contribution is -2.13. The summed E-state index contributed by atoms with van der Waals surface area (Å²) in [5, 5.41) is 8.77. The summed E-state index contributed by atoms with van der Waals surface area (Å²) in [6.07, 6.45) is 1.00. The summed E-state index contributed by atoms with van der Waals surface area (Å²) >= 11 is 0. The molecule has 2 heterocycles. The van der Waals surface area contributed by atoms with Crippen LogP contribution in [0.1, 0.15) is 34.5 Å². The molecule has 0 bridgehead atoms. The van der Waals surface area contributed by atoms with Crippen LogP contribution in [0, 0.1) is 27.7 Å². The first-order chi connectivity index (χ1) is 15.4. The third-order valence-electron chi connectivity index (χ3n) is 5.83. The minimum atomic E-state index is -0.0267. The van der Waals surface area contributed by atoms with E-state index in [2.05, 4.69) is 43.4 Å². The monoisotopic (exact) mass is 428 g/mol. The Morgan fingerprint density at radius 3 is 2.31 bits per heavy atom. The van der Waals surface area contributed by atoms with Gasteiger partial charge < -0.3 is 10.1 Å². The molecule has 6 heteroatoms. The number of aromatic nitrogens is 3. The van der Waals surface area contributed by atoms with Crippen molar-refractivity contribution in [3.8, 4) is 11.4 Å². The zero-order valence-corrected chi connectivity index (χ0v) is 19.2. The first-order valence-electron chi connectivity index (χ1n) is 10.7. The van der Waals surface area contributed by atoms with Crippen molar-refractivity contribution in [1.82, 2.24) is 14.8 Å². The van der Waals surface area contributed by atoms with E-state index in [1.807, 2.05) is 42.8 Å². The Labute approximate surface area is 188 Å². The number of carbonyl (C=O) groups excluding carboxylic acids is 1. The van der Waals surface area contributed by atoms with Crippen LogP contribution in [-0.4, -0.2) is 27.8 Å². The van der Waals surface area contributed by atoms with Gasteiger partial charge in [-0.3, -0.25) is 4.79 Å². The molecule has 2 aromatic carbocycles. The normalized spacial score (nSPS) is 11.0. The third kappa shape index (κ3) is 4.21. The molecule has 0 unspecified atom stereocenters. The van der Waals surface area contributed by atoms with Gasteiger partial charge in [-0.2, -0.15) is 5.10 Å². The number of hydrogen-bond donors (Lipinski definition) is 1. The second kappa shape index (κ2) is 8.83. The number of methoxy groups -OCH3 is 1. The van der Waals surface area contributed by atoms with E-state index >= 15 is 0 Å². The van der Waals surface area contributed by atoms with E-state index in [4.69, 9.17) is 14.8 Å². The summed E-state index contributed by atoms with van der Waals surface area (Å²) in [6.45, 7) is 8.18. The number of ether oxygens (including phenoxy) is 1. The third-order valence-corrected chi connectivity index (χ3v) is 5.83. The fourth-order valence-corrected chi connectivity index (χ4v) is 4.08. The molecular formula is C26H28N4O2. The number of pyridine rings is 1. The van der Waals surface area contributed by atoms with Gasteiger partial charge >= 0.3 is 0 Å². The van der Waals surface area contributed by atoms with Crippen LogP contribution in [0.2, 0.25) is 0 Å². The SMILES string of the molecule is COc1ccc(NC(=O)CCc2c(C)nc3c(c(C)nn3-c3ccc(C)cc3)c2C)cc1. The van der Waals surface area contributed by atoms with E-state index in [-0.39, 0.29) is 5.91 Å². The van der Waals surface area contributed by atoms with Gasteiger partial charge in [0, 0.05) is 23.2 Å². The molecule has 6 nitrogen and oxygen atoms in total. The van der Waals surface area contributed by atoms with Crippen molar-refractivity contribution in [2.24, 2.45) is 0 Å². The van der Waals surface area contributed by atoms with Gasteiger partial charge in [0.2, 0.25) is 5.91 Å². The lowest BCUT2D eigenvalue weighted by molar-refractivity contribution is -0.116. The zero-order valence-electron chi connectivity index (χ0n) is 19.2. The Morgan fingerprint density at radius 2 is 1.66 bits per heavy atom. The van der Waals surface area contributed by atoms with E-state index in [0.717, 1.165) is 50.7 Å². The van der Waals surface area contributed by atoms with E-state index < -0.39 is 0 Å². The van der Waals surface area contributed by atoms with Crippen molar-refractivity contribution >= 4 is 22.6 Å². The zero-order chi connectivity index (χ0) is 22.8. The number of carbonyl (C=O) groups is 1. The number of fused-ring (bicyclic) bond motifs is 1. The lowest BCUT2D eigenvalue weighted by atomic mass is 9.99. The van der Waals surface area contributed by atoms with Gasteiger partial charge in [-0.15, -0.1) is 0 Å². The number of benzene rings is 2. The van der Waals surface area contributed by atoms with Crippen LogP contribution in [0.5, 0.6) is 5.75 Å². The Bertz CT molecular complexity index is 1270. The Kier molecular flexibility index (Phi) is 5.95. The van der Waals surface area contributed by atoms with Gasteiger partial charge in [0.15, 0.2) is 5.65 Å². The Morgan fingerprint density at radius 1 is 0.969 bits per heavy atom. The summed E-state index contributed by atoms with van der Waals surface area (Å²) in [5.41, 5.74) is 7.93. The average Bonchev–Trinajstić information content (AvgIpc) is 3.10. The molecule has 2 aromatic heterocycles. The van der Waals surface area contributed by atoms with Crippen molar-refractivity contribution in [2.45, 2.75) is 40.5 Å². The molecule has 0 aliphatic heterocycles. The predicted molar refractivity (Wildman–Crippen MR) is 128 cm³/mol. The van der Waals surface area contributed by atoms with Gasteiger partial charge in [0.1, 0.15) is 5.75 Å². The molecule has 0 radical (unpaired) electrons. The number of aryl methyl sites for hydroxylation is 4. The number of hydrogen-bond acceptors (Lipinski definition) is 4. The van der Waals surface area contributed by atoms with Gasteiger partial charge in [-0.25, -0.2) is 9.67 Å². The second-order valence-corrected chi connectivity index (χ2v) is 8.11. The van der Waals surface area contributed by atoms with E-state index in [1.165, 1.54) is 5.56 Å². The van der Waals surface area contributed by atoms with Crippen molar-refractivity contribution in [3.63, 3.8) is 0 Å². The van der Waals surface area contributed by atoms with Crippen LogP contribution in [-0.2, 0) is 11.2 Å². The van der Waals surface area contributed by atoms with Crippen LogP contribution in [0.3, 0.4) is 0 Å². The summed E-state index contributed by atoms with van der Waals surface area (Å²) in [6, 6.07) is 15.6. The highest BCUT2D eigenvalue weighted by atomic mass is 16.5. The molecule has 1 amide bonds. The molecular weight excluding hydrogens is 400 g/mol. The number of rotatable bonds is 6. The van der Waals surface area contributed by atoms with Crippen molar-refractivity contribution < 1.29 is 9.53 Å². The number of nitrogens with one attached hydrogen (secondary N) is 1. The Hall–Kier alpha value is -3.67. The van der Waals surface area contributed by atoms with E-state index in [9.17, 15) is 4.79 Å². The Balaban J connectivity index is 1.57. The molecule has 0 spiro atoms. The standard InChI is InChI=1S/C26H28N4O2/c1-16-6-10-21(11-7-16)30-26-25(19(4)29-30)17(2)23(18(3)27-26)14-15-24(31)28-20-8-12-22(32-5)13-9-20/h6-13H,14-15H2,1-5H3,(H,28,31). The van der Waals surface area contributed by atoms with Gasteiger partial charge in [0.25, 0.3) is 0 Å².